The first-order valence-electron chi connectivity index (χ1n) is 5.96. The van der Waals surface area contributed by atoms with Crippen LogP contribution < -0.4 is 5.32 Å². The molecule has 1 aliphatic rings. The molecule has 100 valence electrons. The summed E-state index contributed by atoms with van der Waals surface area (Å²) in [6.07, 6.45) is 1.73. The summed E-state index contributed by atoms with van der Waals surface area (Å²) in [6, 6.07) is 6.74. The highest BCUT2D eigenvalue weighted by molar-refractivity contribution is 5.95. The van der Waals surface area contributed by atoms with Gasteiger partial charge < -0.3 is 10.4 Å². The van der Waals surface area contributed by atoms with E-state index in [1.54, 1.807) is 24.3 Å². The fourth-order valence-corrected chi connectivity index (χ4v) is 2.07. The predicted molar refractivity (Wildman–Crippen MR) is 68.3 cm³/mol. The molecule has 1 unspecified atom stereocenters. The maximum atomic E-state index is 12.5. The molecule has 0 saturated heterocycles. The van der Waals surface area contributed by atoms with E-state index in [0.717, 1.165) is 0 Å². The average Bonchev–Trinajstić information content (AvgIpc) is 2.38. The van der Waals surface area contributed by atoms with Crippen molar-refractivity contribution >= 4 is 17.4 Å². The van der Waals surface area contributed by atoms with Crippen LogP contribution in [0.25, 0.3) is 0 Å². The number of allylic oxidation sites excluding steroid dienone is 2. The van der Waals surface area contributed by atoms with Crippen molar-refractivity contribution in [3.05, 3.63) is 41.6 Å². The molecule has 0 bridgehead atoms. The van der Waals surface area contributed by atoms with Crippen molar-refractivity contribution in [2.45, 2.75) is 19.5 Å². The Kier molecular flexibility index (Phi) is 3.94. The second-order valence-electron chi connectivity index (χ2n) is 4.54. The molecule has 1 aromatic carbocycles. The highest BCUT2D eigenvalue weighted by Crippen LogP contribution is 2.24. The third kappa shape index (κ3) is 3.40. The number of hydrogen-bond donors (Lipinski definition) is 2. The van der Waals surface area contributed by atoms with Crippen molar-refractivity contribution < 1.29 is 19.1 Å². The number of hydrogen-bond acceptors (Lipinski definition) is 3. The Balaban J connectivity index is 2.13. The van der Waals surface area contributed by atoms with E-state index in [0.29, 0.717) is 16.9 Å². The van der Waals surface area contributed by atoms with Crippen LogP contribution in [0.4, 0.5) is 10.1 Å². The number of carbonyl (C=O) groups excluding carboxylic acids is 1. The van der Waals surface area contributed by atoms with Gasteiger partial charge in [0, 0.05) is 30.3 Å². The fraction of sp³-hybridized carbons (Fsp3) is 0.286. The Bertz CT molecular complexity index is 539. The molecule has 1 atom stereocenters. The van der Waals surface area contributed by atoms with E-state index in [4.69, 9.17) is 5.11 Å². The molecule has 1 aliphatic carbocycles. The molecule has 0 aliphatic heterocycles. The molecular formula is C14H14FNO3. The van der Waals surface area contributed by atoms with Gasteiger partial charge in [-0.3, -0.25) is 9.59 Å². The zero-order chi connectivity index (χ0) is 13.8. The Morgan fingerprint density at radius 3 is 2.89 bits per heavy atom. The zero-order valence-corrected chi connectivity index (χ0v) is 10.2. The lowest BCUT2D eigenvalue weighted by Gasteiger charge is -2.20. The molecule has 5 heteroatoms. The second-order valence-corrected chi connectivity index (χ2v) is 4.54. The van der Waals surface area contributed by atoms with E-state index in [1.165, 1.54) is 6.08 Å². The lowest BCUT2D eigenvalue weighted by Crippen LogP contribution is -2.24. The number of carboxylic acids is 1. The van der Waals surface area contributed by atoms with Crippen LogP contribution in [0.5, 0.6) is 0 Å². The summed E-state index contributed by atoms with van der Waals surface area (Å²) in [5.74, 6) is -1.87. The van der Waals surface area contributed by atoms with Crippen LogP contribution in [0.1, 0.15) is 18.4 Å². The Morgan fingerprint density at radius 1 is 1.42 bits per heavy atom. The molecule has 0 amide bonds. The van der Waals surface area contributed by atoms with Crippen molar-refractivity contribution in [2.75, 3.05) is 5.32 Å². The van der Waals surface area contributed by atoms with Gasteiger partial charge in [0.15, 0.2) is 5.78 Å². The molecule has 0 saturated carbocycles. The number of halogens is 1. The van der Waals surface area contributed by atoms with E-state index in [-0.39, 0.29) is 18.6 Å². The molecule has 0 spiro atoms. The van der Waals surface area contributed by atoms with Gasteiger partial charge in [-0.05, 0) is 17.7 Å². The number of aliphatic carboxylic acids is 1. The van der Waals surface area contributed by atoms with E-state index in [2.05, 4.69) is 5.32 Å². The maximum absolute atomic E-state index is 12.5. The van der Waals surface area contributed by atoms with E-state index < -0.39 is 18.6 Å². The van der Waals surface area contributed by atoms with Crippen molar-refractivity contribution in [3.8, 4) is 0 Å². The summed E-state index contributed by atoms with van der Waals surface area (Å²) >= 11 is 0. The number of alkyl halides is 1. The highest BCUT2D eigenvalue weighted by atomic mass is 19.1. The Hall–Kier alpha value is -2.17. The Morgan fingerprint density at radius 2 is 2.21 bits per heavy atom. The number of rotatable bonds is 4. The molecule has 0 aromatic heterocycles. The number of anilines is 1. The lowest BCUT2D eigenvalue weighted by atomic mass is 9.91. The van der Waals surface area contributed by atoms with Crippen LogP contribution in [0.3, 0.4) is 0 Å². The number of carbonyl (C=O) groups is 2. The van der Waals surface area contributed by atoms with Crippen LogP contribution in [0.2, 0.25) is 0 Å². The van der Waals surface area contributed by atoms with E-state index in [1.807, 2.05) is 0 Å². The molecule has 4 nitrogen and oxygen atoms in total. The van der Waals surface area contributed by atoms with Gasteiger partial charge >= 0.3 is 5.97 Å². The standard InChI is InChI=1S/C14H14FNO3/c15-8-9-2-1-3-11(4-9)16-12-5-10(14(18)19)6-13(17)7-12/h1-4,7,10,16H,5-6,8H2,(H,18,19). The maximum Gasteiger partial charge on any atom is 0.307 e. The fourth-order valence-electron chi connectivity index (χ4n) is 2.07. The lowest BCUT2D eigenvalue weighted by molar-refractivity contribution is -0.143. The minimum absolute atomic E-state index is 0.0328. The third-order valence-electron chi connectivity index (χ3n) is 2.98. The van der Waals surface area contributed by atoms with Crippen LogP contribution >= 0.6 is 0 Å². The molecule has 19 heavy (non-hydrogen) atoms. The number of ketones is 1. The van der Waals surface area contributed by atoms with Crippen molar-refractivity contribution in [3.63, 3.8) is 0 Å². The van der Waals surface area contributed by atoms with Crippen molar-refractivity contribution in [1.29, 1.82) is 0 Å². The van der Waals surface area contributed by atoms with Gasteiger partial charge in [0.25, 0.3) is 0 Å². The summed E-state index contributed by atoms with van der Waals surface area (Å²) in [4.78, 5) is 22.4. The minimum atomic E-state index is -0.974. The predicted octanol–water partition coefficient (Wildman–Crippen LogP) is 2.52. The number of carboxylic acid groups (broad SMARTS) is 1. The molecule has 1 aromatic rings. The normalized spacial score (nSPS) is 18.9. The molecule has 0 heterocycles. The van der Waals surface area contributed by atoms with Gasteiger partial charge in [0.2, 0.25) is 0 Å². The molecule has 2 rings (SSSR count). The summed E-state index contributed by atoms with van der Waals surface area (Å²) in [6.45, 7) is -0.564. The number of benzene rings is 1. The van der Waals surface area contributed by atoms with Crippen LogP contribution in [0.15, 0.2) is 36.0 Å². The van der Waals surface area contributed by atoms with Crippen LogP contribution in [0, 0.1) is 5.92 Å². The topological polar surface area (TPSA) is 66.4 Å². The van der Waals surface area contributed by atoms with E-state index in [9.17, 15) is 14.0 Å². The third-order valence-corrected chi connectivity index (χ3v) is 2.98. The van der Waals surface area contributed by atoms with Gasteiger partial charge in [-0.15, -0.1) is 0 Å². The highest BCUT2D eigenvalue weighted by Gasteiger charge is 2.26. The summed E-state index contributed by atoms with van der Waals surface area (Å²) < 4.78 is 12.5. The smallest absolute Gasteiger partial charge is 0.307 e. The molecular weight excluding hydrogens is 249 g/mol. The Labute approximate surface area is 109 Å². The molecule has 0 fully saturated rings. The first-order chi connectivity index (χ1) is 9.08. The van der Waals surface area contributed by atoms with Gasteiger partial charge in [0.1, 0.15) is 6.67 Å². The minimum Gasteiger partial charge on any atom is -0.481 e. The summed E-state index contributed by atoms with van der Waals surface area (Å²) in [5, 5.41) is 11.9. The van der Waals surface area contributed by atoms with Gasteiger partial charge in [-0.1, -0.05) is 12.1 Å². The average molecular weight is 263 g/mol. The molecule has 0 radical (unpaired) electrons. The van der Waals surface area contributed by atoms with Crippen molar-refractivity contribution in [2.24, 2.45) is 5.92 Å². The van der Waals surface area contributed by atoms with Gasteiger partial charge in [-0.25, -0.2) is 4.39 Å². The number of nitrogens with one attached hydrogen (secondary N) is 1. The second kappa shape index (κ2) is 5.65. The first kappa shape index (κ1) is 13.3. The zero-order valence-electron chi connectivity index (χ0n) is 10.2. The van der Waals surface area contributed by atoms with Crippen LogP contribution in [-0.4, -0.2) is 16.9 Å². The quantitative estimate of drug-likeness (QED) is 0.876. The van der Waals surface area contributed by atoms with E-state index >= 15 is 0 Å². The largest absolute Gasteiger partial charge is 0.481 e. The van der Waals surface area contributed by atoms with Gasteiger partial charge in [0.05, 0.1) is 5.92 Å². The first-order valence-corrected chi connectivity index (χ1v) is 5.96. The van der Waals surface area contributed by atoms with Crippen LogP contribution in [-0.2, 0) is 16.3 Å². The SMILES string of the molecule is O=C1C=C(Nc2cccc(CF)c2)CC(C(=O)O)C1. The van der Waals surface area contributed by atoms with Gasteiger partial charge in [-0.2, -0.15) is 0 Å². The van der Waals surface area contributed by atoms with Crippen molar-refractivity contribution in [1.82, 2.24) is 0 Å². The summed E-state index contributed by atoms with van der Waals surface area (Å²) in [7, 11) is 0. The molecule has 2 N–H and O–H groups in total. The summed E-state index contributed by atoms with van der Waals surface area (Å²) in [5.41, 5.74) is 1.74. The monoisotopic (exact) mass is 263 g/mol.